The first kappa shape index (κ1) is 11.9. The van der Waals surface area contributed by atoms with Gasteiger partial charge in [-0.3, -0.25) is 9.78 Å². The van der Waals surface area contributed by atoms with Crippen LogP contribution in [-0.2, 0) is 4.74 Å². The van der Waals surface area contributed by atoms with Crippen LogP contribution in [0.3, 0.4) is 0 Å². The molecule has 0 bridgehead atoms. The smallest absolute Gasteiger partial charge is 0.255 e. The molecule has 2 unspecified atom stereocenters. The van der Waals surface area contributed by atoms with Gasteiger partial charge in [0.2, 0.25) is 0 Å². The lowest BCUT2D eigenvalue weighted by atomic mass is 10.1. The van der Waals surface area contributed by atoms with Gasteiger partial charge in [0.25, 0.3) is 5.91 Å². The maximum absolute atomic E-state index is 12.1. The Morgan fingerprint density at radius 1 is 1.59 bits per heavy atom. The predicted octanol–water partition coefficient (Wildman–Crippen LogP) is 1.03. The van der Waals surface area contributed by atoms with E-state index in [9.17, 15) is 4.79 Å². The third-order valence-corrected chi connectivity index (χ3v) is 3.03. The van der Waals surface area contributed by atoms with Crippen LogP contribution in [0.2, 0.25) is 0 Å². The van der Waals surface area contributed by atoms with Gasteiger partial charge in [0, 0.05) is 31.7 Å². The molecular weight excluding hydrogens is 218 g/mol. The number of hydrogen-bond donors (Lipinski definition) is 2. The first-order valence-corrected chi connectivity index (χ1v) is 5.76. The van der Waals surface area contributed by atoms with E-state index in [-0.39, 0.29) is 18.1 Å². The lowest BCUT2D eigenvalue weighted by Crippen LogP contribution is -2.39. The van der Waals surface area contributed by atoms with Crippen LogP contribution in [0.1, 0.15) is 23.7 Å². The molecule has 1 aromatic rings. The molecule has 2 N–H and O–H groups in total. The van der Waals surface area contributed by atoms with E-state index >= 15 is 0 Å². The van der Waals surface area contributed by atoms with Crippen LogP contribution in [0.5, 0.6) is 0 Å². The average molecular weight is 235 g/mol. The fraction of sp³-hybridized carbons (Fsp3) is 0.500. The zero-order valence-corrected chi connectivity index (χ0v) is 10.1. The number of rotatable bonds is 3. The van der Waals surface area contributed by atoms with Gasteiger partial charge in [0.05, 0.1) is 17.7 Å². The number of ether oxygens (including phenoxy) is 1. The van der Waals surface area contributed by atoms with E-state index in [1.807, 2.05) is 6.92 Å². The van der Waals surface area contributed by atoms with Gasteiger partial charge in [0.1, 0.15) is 0 Å². The first-order valence-electron chi connectivity index (χ1n) is 5.76. The van der Waals surface area contributed by atoms with Gasteiger partial charge in [0.15, 0.2) is 0 Å². The van der Waals surface area contributed by atoms with Gasteiger partial charge in [-0.25, -0.2) is 0 Å². The zero-order chi connectivity index (χ0) is 12.3. The van der Waals surface area contributed by atoms with Crippen LogP contribution in [0.15, 0.2) is 18.5 Å². The van der Waals surface area contributed by atoms with E-state index < -0.39 is 0 Å². The maximum atomic E-state index is 12.1. The molecule has 5 nitrogen and oxygen atoms in total. The Labute approximate surface area is 101 Å². The van der Waals surface area contributed by atoms with Crippen molar-refractivity contribution in [3.05, 3.63) is 24.0 Å². The van der Waals surface area contributed by atoms with E-state index in [4.69, 9.17) is 4.74 Å². The predicted molar refractivity (Wildman–Crippen MR) is 65.1 cm³/mol. The van der Waals surface area contributed by atoms with Gasteiger partial charge in [-0.15, -0.1) is 0 Å². The normalized spacial score (nSPS) is 23.4. The van der Waals surface area contributed by atoms with Gasteiger partial charge in [-0.2, -0.15) is 0 Å². The van der Waals surface area contributed by atoms with Crippen LogP contribution < -0.4 is 10.6 Å². The van der Waals surface area contributed by atoms with Gasteiger partial charge >= 0.3 is 0 Å². The third-order valence-electron chi connectivity index (χ3n) is 3.03. The molecule has 2 rings (SSSR count). The molecule has 1 saturated heterocycles. The summed E-state index contributed by atoms with van der Waals surface area (Å²) >= 11 is 0. The van der Waals surface area contributed by atoms with Crippen LogP contribution >= 0.6 is 0 Å². The molecule has 0 radical (unpaired) electrons. The van der Waals surface area contributed by atoms with Crippen LogP contribution in [-0.4, -0.2) is 36.7 Å². The number of pyridine rings is 1. The average Bonchev–Trinajstić information content (AvgIpc) is 2.75. The van der Waals surface area contributed by atoms with Crippen molar-refractivity contribution >= 4 is 11.6 Å². The quantitative estimate of drug-likeness (QED) is 0.821. The molecule has 5 heteroatoms. The van der Waals surface area contributed by atoms with Crippen molar-refractivity contribution in [1.82, 2.24) is 10.3 Å². The molecular formula is C12H17N3O2. The number of anilines is 1. The summed E-state index contributed by atoms with van der Waals surface area (Å²) in [7, 11) is 1.79. The van der Waals surface area contributed by atoms with Crippen molar-refractivity contribution in [2.24, 2.45) is 0 Å². The Bertz CT molecular complexity index is 408. The third kappa shape index (κ3) is 2.55. The van der Waals surface area contributed by atoms with Crippen LogP contribution in [0.4, 0.5) is 5.69 Å². The first-order chi connectivity index (χ1) is 8.22. The largest absolute Gasteiger partial charge is 0.387 e. The standard InChI is InChI=1S/C12H17N3O2/c1-8-10(4-6-17-8)15-12(16)9-7-14-5-3-11(9)13-2/h3,5,7-8,10H,4,6H2,1-2H3,(H,13,14)(H,15,16). The molecule has 1 aliphatic rings. The van der Waals surface area contributed by atoms with Crippen molar-refractivity contribution in [3.8, 4) is 0 Å². The Morgan fingerprint density at radius 3 is 3.06 bits per heavy atom. The number of nitrogens with one attached hydrogen (secondary N) is 2. The van der Waals surface area contributed by atoms with Crippen molar-refractivity contribution in [2.75, 3.05) is 19.0 Å². The minimum atomic E-state index is -0.107. The lowest BCUT2D eigenvalue weighted by molar-refractivity contribution is 0.0866. The molecule has 0 spiro atoms. The fourth-order valence-corrected chi connectivity index (χ4v) is 1.96. The SMILES string of the molecule is CNc1ccncc1C(=O)NC1CCOC1C. The molecule has 0 saturated carbocycles. The minimum Gasteiger partial charge on any atom is -0.387 e. The van der Waals surface area contributed by atoms with Gasteiger partial charge in [-0.1, -0.05) is 0 Å². The molecule has 17 heavy (non-hydrogen) atoms. The summed E-state index contributed by atoms with van der Waals surface area (Å²) in [6.45, 7) is 2.68. The molecule has 1 aliphatic heterocycles. The molecule has 0 aliphatic carbocycles. The molecule has 92 valence electrons. The van der Waals surface area contributed by atoms with Gasteiger partial charge < -0.3 is 15.4 Å². The number of nitrogens with zero attached hydrogens (tertiary/aromatic N) is 1. The Hall–Kier alpha value is -1.62. The lowest BCUT2D eigenvalue weighted by Gasteiger charge is -2.17. The summed E-state index contributed by atoms with van der Waals surface area (Å²) in [5.41, 5.74) is 1.35. The second kappa shape index (κ2) is 5.14. The number of aromatic nitrogens is 1. The molecule has 1 aromatic heterocycles. The Balaban J connectivity index is 2.09. The van der Waals surface area contributed by atoms with Crippen molar-refractivity contribution in [3.63, 3.8) is 0 Å². The van der Waals surface area contributed by atoms with E-state index in [2.05, 4.69) is 15.6 Å². The van der Waals surface area contributed by atoms with E-state index in [1.54, 1.807) is 25.5 Å². The molecule has 0 aromatic carbocycles. The number of hydrogen-bond acceptors (Lipinski definition) is 4. The highest BCUT2D eigenvalue weighted by atomic mass is 16.5. The number of amides is 1. The fourth-order valence-electron chi connectivity index (χ4n) is 1.96. The summed E-state index contributed by atoms with van der Waals surface area (Å²) in [6, 6.07) is 1.87. The van der Waals surface area contributed by atoms with Crippen molar-refractivity contribution in [2.45, 2.75) is 25.5 Å². The van der Waals surface area contributed by atoms with Gasteiger partial charge in [-0.05, 0) is 19.4 Å². The highest BCUT2D eigenvalue weighted by molar-refractivity contribution is 5.99. The molecule has 1 amide bonds. The molecule has 1 fully saturated rings. The van der Waals surface area contributed by atoms with Crippen molar-refractivity contribution < 1.29 is 9.53 Å². The second-order valence-corrected chi connectivity index (χ2v) is 4.12. The summed E-state index contributed by atoms with van der Waals surface area (Å²) in [4.78, 5) is 16.1. The summed E-state index contributed by atoms with van der Waals surface area (Å²) < 4.78 is 5.41. The van der Waals surface area contributed by atoms with Crippen LogP contribution in [0.25, 0.3) is 0 Å². The van der Waals surface area contributed by atoms with E-state index in [1.165, 1.54) is 0 Å². The Kier molecular flexibility index (Phi) is 3.58. The van der Waals surface area contributed by atoms with E-state index in [0.717, 1.165) is 12.1 Å². The minimum absolute atomic E-state index is 0.0775. The number of carbonyl (C=O) groups is 1. The summed E-state index contributed by atoms with van der Waals surface area (Å²) in [5.74, 6) is -0.107. The molecule has 2 atom stereocenters. The second-order valence-electron chi connectivity index (χ2n) is 4.12. The van der Waals surface area contributed by atoms with E-state index in [0.29, 0.717) is 12.2 Å². The molecule has 2 heterocycles. The summed E-state index contributed by atoms with van der Waals surface area (Å²) in [6.07, 6.45) is 4.17. The monoisotopic (exact) mass is 235 g/mol. The topological polar surface area (TPSA) is 63.2 Å². The highest BCUT2D eigenvalue weighted by Gasteiger charge is 2.26. The van der Waals surface area contributed by atoms with Crippen LogP contribution in [0, 0.1) is 0 Å². The maximum Gasteiger partial charge on any atom is 0.255 e. The zero-order valence-electron chi connectivity index (χ0n) is 10.1. The Morgan fingerprint density at radius 2 is 2.41 bits per heavy atom. The highest BCUT2D eigenvalue weighted by Crippen LogP contribution is 2.16. The van der Waals surface area contributed by atoms with Crippen molar-refractivity contribution in [1.29, 1.82) is 0 Å². The number of carbonyl (C=O) groups excluding carboxylic acids is 1. The summed E-state index contributed by atoms with van der Waals surface area (Å²) in [5, 5.41) is 5.96.